The number of para-hydroxylation sites is 1. The number of aromatic nitrogens is 3. The molecule has 8 rings (SSSR count). The minimum atomic E-state index is -5.43. The number of azo groups is 2. The van der Waals surface area contributed by atoms with Crippen LogP contribution in [0.25, 0.3) is 21.5 Å². The molecule has 0 aliphatic carbocycles. The van der Waals surface area contributed by atoms with Crippen molar-refractivity contribution in [1.29, 1.82) is 0 Å². The molecule has 0 amide bonds. The molecule has 386 valence electrons. The normalized spacial score (nSPS) is 11.5. The van der Waals surface area contributed by atoms with Gasteiger partial charge in [-0.05, 0) is 108 Å². The number of nitrogens with zero attached hydrogens (tertiary/aromatic N) is 7. The van der Waals surface area contributed by atoms with Gasteiger partial charge in [-0.15, -0.1) is 20.5 Å². The Morgan fingerprint density at radius 2 is 0.753 bits per heavy atom. The number of phenols is 4. The van der Waals surface area contributed by atoms with E-state index >= 15 is 0 Å². The van der Waals surface area contributed by atoms with E-state index in [1.807, 2.05) is 0 Å². The maximum Gasteiger partial charge on any atom is 1.00 e. The third-order valence-electron chi connectivity index (χ3n) is 9.80. The molecule has 0 fully saturated rings. The van der Waals surface area contributed by atoms with Crippen LogP contribution in [0.1, 0.15) is 0 Å². The quantitative estimate of drug-likeness (QED) is 0.0304. The minimum Gasteiger partial charge on any atom is -0.744 e. The van der Waals surface area contributed by atoms with Crippen LogP contribution < -0.4 is 134 Å². The fourth-order valence-corrected chi connectivity index (χ4v) is 8.84. The fraction of sp³-hybridized carbons (Fsp3) is 0. The number of benzene rings is 7. The molecule has 0 aliphatic rings. The number of anilines is 6. The van der Waals surface area contributed by atoms with Crippen LogP contribution in [-0.2, 0) is 74.6 Å². The molecule has 7 N–H and O–H groups in total. The molecule has 0 spiro atoms. The molecule has 0 bridgehead atoms. The Bertz CT molecular complexity index is 3840. The second kappa shape index (κ2) is 27.8. The van der Waals surface area contributed by atoms with E-state index in [0.717, 1.165) is 36.4 Å². The summed E-state index contributed by atoms with van der Waals surface area (Å²) in [7, 11) is -20.9. The summed E-state index contributed by atoms with van der Waals surface area (Å²) in [6.07, 6.45) is 0. The van der Waals surface area contributed by atoms with Crippen LogP contribution in [0.5, 0.6) is 23.0 Å². The van der Waals surface area contributed by atoms with Gasteiger partial charge in [-0.1, -0.05) is 18.2 Å². The summed E-state index contributed by atoms with van der Waals surface area (Å²) in [5.41, 5.74) is -2.19. The molecule has 26 nitrogen and oxygen atoms in total. The zero-order chi connectivity index (χ0) is 51.2. The molecule has 1 heterocycles. The molecule has 36 heteroatoms. The first-order valence-corrected chi connectivity index (χ1v) is 25.0. The van der Waals surface area contributed by atoms with E-state index in [0.29, 0.717) is 17.8 Å². The number of nitrogens with one attached hydrogen (secondary N) is 3. The SMILES string of the molecule is O=S(=O)([O-])c1ccc(O)c(N=Nc2c(S(=O)(=O)[O-])cc3cc(Nc4nc(Nc5ccccc5)nc(Nc5ccc6c(O)c(N=Nc7cc(S(=O)(=O)[O-])ccc7O)c(S(=O)(=O)[O-])cc6c5)n4)ccc3c2O)c1.[Cu].[Cu].[Na+].[Na+].[Na+].[Na+]. The van der Waals surface area contributed by atoms with E-state index in [4.69, 9.17) is 0 Å². The van der Waals surface area contributed by atoms with Crippen molar-refractivity contribution in [3.05, 3.63) is 115 Å². The summed E-state index contributed by atoms with van der Waals surface area (Å²) in [4.78, 5) is 9.37. The van der Waals surface area contributed by atoms with Gasteiger partial charge in [0.1, 0.15) is 74.7 Å². The second-order valence-corrected chi connectivity index (χ2v) is 20.0. The predicted octanol–water partition coefficient (Wildman–Crippen LogP) is -5.31. The summed E-state index contributed by atoms with van der Waals surface area (Å²) in [5, 5.41) is 65.6. The van der Waals surface area contributed by atoms with Crippen LogP contribution in [0.15, 0.2) is 155 Å². The van der Waals surface area contributed by atoms with E-state index in [1.165, 1.54) is 36.4 Å². The topological polar surface area (TPSA) is 434 Å². The number of hydrogen-bond donors (Lipinski definition) is 7. The molecular formula is C41H26Cu2N10Na4O16S4. The molecular weight excluding hydrogens is 1240 g/mol. The van der Waals surface area contributed by atoms with E-state index in [1.54, 1.807) is 30.3 Å². The molecule has 77 heavy (non-hydrogen) atoms. The van der Waals surface area contributed by atoms with Crippen LogP contribution >= 0.6 is 0 Å². The summed E-state index contributed by atoms with van der Waals surface area (Å²) in [5.74, 6) is -3.52. The van der Waals surface area contributed by atoms with E-state index in [-0.39, 0.29) is 203 Å². The van der Waals surface area contributed by atoms with Gasteiger partial charge >= 0.3 is 118 Å². The summed E-state index contributed by atoms with van der Waals surface area (Å²) < 4.78 is 144. The van der Waals surface area contributed by atoms with Crippen LogP contribution in [0, 0.1) is 0 Å². The Kier molecular flexibility index (Phi) is 25.2. The van der Waals surface area contributed by atoms with E-state index < -0.39 is 106 Å². The Balaban J connectivity index is 0.00000338. The van der Waals surface area contributed by atoms with Gasteiger partial charge < -0.3 is 54.6 Å². The predicted molar refractivity (Wildman–Crippen MR) is 244 cm³/mol. The average Bonchev–Trinajstić information content (AvgIpc) is 3.28. The zero-order valence-corrected chi connectivity index (χ0v) is 52.7. The number of fused-ring (bicyclic) bond motifs is 2. The smallest absolute Gasteiger partial charge is 0.744 e. The van der Waals surface area contributed by atoms with Gasteiger partial charge in [0, 0.05) is 62.0 Å². The summed E-state index contributed by atoms with van der Waals surface area (Å²) >= 11 is 0. The van der Waals surface area contributed by atoms with Crippen molar-refractivity contribution in [3.63, 3.8) is 0 Å². The molecule has 1 aromatic heterocycles. The first-order chi connectivity index (χ1) is 33.3. The van der Waals surface area contributed by atoms with Gasteiger partial charge in [0.2, 0.25) is 17.8 Å². The summed E-state index contributed by atoms with van der Waals surface area (Å²) in [6, 6.07) is 22.7. The van der Waals surface area contributed by atoms with Gasteiger partial charge in [0.25, 0.3) is 0 Å². The van der Waals surface area contributed by atoms with Crippen LogP contribution in [-0.4, -0.2) is 87.3 Å². The third kappa shape index (κ3) is 16.8. The Hall–Kier alpha value is -3.45. The number of rotatable bonds is 14. The molecule has 0 aliphatic heterocycles. The van der Waals surface area contributed by atoms with Crippen molar-refractivity contribution in [3.8, 4) is 23.0 Å². The van der Waals surface area contributed by atoms with E-state index in [9.17, 15) is 72.3 Å². The first-order valence-electron chi connectivity index (χ1n) is 19.4. The van der Waals surface area contributed by atoms with Crippen LogP contribution in [0.3, 0.4) is 0 Å². The Morgan fingerprint density at radius 1 is 0.403 bits per heavy atom. The third-order valence-corrected chi connectivity index (χ3v) is 13.2. The van der Waals surface area contributed by atoms with Gasteiger partial charge in [-0.3, -0.25) is 0 Å². The monoisotopic (exact) mass is 1260 g/mol. The van der Waals surface area contributed by atoms with Crippen molar-refractivity contribution < 1.29 is 225 Å². The molecule has 2 radical (unpaired) electrons. The average molecular weight is 1260 g/mol. The van der Waals surface area contributed by atoms with Crippen LogP contribution in [0.4, 0.5) is 57.7 Å². The number of phenolic OH excluding ortho intramolecular Hbond substituents is 4. The van der Waals surface area contributed by atoms with Crippen molar-refractivity contribution >= 4 is 120 Å². The standard InChI is InChI=1S/C41H30N10O16S4.2Cu.4Na/c52-31-12-8-25(68(56,57)58)18-29(31)48-50-35-33(70(62,63)64)16-20-14-23(6-10-27(20)37(35)54)43-40-45-39(42-22-4-2-1-3-5-22)46-41(47-40)44-24-7-11-28-21(15-24)17-34(71(65,66)67)36(38(28)55)51-49-30-19-26(69(59,60)61)9-13-32(30)53;;;;;;/h1-19,52-55H,(H,56,57,58)(H,59,60,61)(H,62,63,64)(H,65,66,67)(H3,42,43,44,45,46,47);;;;;;/q;;;4*+1/p-4. The van der Waals surface area contributed by atoms with Crippen molar-refractivity contribution in [2.24, 2.45) is 20.5 Å². The number of aromatic hydroxyl groups is 4. The molecule has 7 aromatic carbocycles. The minimum absolute atomic E-state index is 0. The maximum atomic E-state index is 12.5. The van der Waals surface area contributed by atoms with Gasteiger partial charge in [-0.25, -0.2) is 33.7 Å². The van der Waals surface area contributed by atoms with Gasteiger partial charge in [-0.2, -0.15) is 15.0 Å². The first kappa shape index (κ1) is 69.7. The molecule has 0 atom stereocenters. The summed E-state index contributed by atoms with van der Waals surface area (Å²) in [6.45, 7) is 0. The van der Waals surface area contributed by atoms with E-state index in [2.05, 4.69) is 51.4 Å². The molecule has 0 unspecified atom stereocenters. The molecule has 8 aromatic rings. The van der Waals surface area contributed by atoms with Crippen molar-refractivity contribution in [1.82, 2.24) is 15.0 Å². The Morgan fingerprint density at radius 3 is 1.09 bits per heavy atom. The molecule has 0 saturated carbocycles. The maximum absolute atomic E-state index is 12.5. The zero-order valence-electron chi connectivity index (χ0n) is 39.5. The Labute approximate surface area is 546 Å². The van der Waals surface area contributed by atoms with Gasteiger partial charge in [0.15, 0.2) is 11.5 Å². The van der Waals surface area contributed by atoms with Gasteiger partial charge in [0.05, 0.1) is 19.6 Å². The second-order valence-electron chi connectivity index (χ2n) is 14.6. The fourth-order valence-electron chi connectivity index (χ4n) is 6.57. The van der Waals surface area contributed by atoms with Crippen molar-refractivity contribution in [2.45, 2.75) is 19.6 Å². The van der Waals surface area contributed by atoms with Crippen LogP contribution in [0.2, 0.25) is 0 Å². The largest absolute Gasteiger partial charge is 1.00 e. The number of hydrogen-bond acceptors (Lipinski definition) is 26. The molecule has 0 saturated heterocycles. The van der Waals surface area contributed by atoms with Crippen molar-refractivity contribution in [2.75, 3.05) is 16.0 Å².